The molecule has 1 nitrogen and oxygen atoms in total. The molecule has 1 atom stereocenters. The highest BCUT2D eigenvalue weighted by Crippen LogP contribution is 2.34. The van der Waals surface area contributed by atoms with E-state index in [9.17, 15) is 0 Å². The zero-order chi connectivity index (χ0) is 9.19. The Morgan fingerprint density at radius 1 is 1.17 bits per heavy atom. The summed E-state index contributed by atoms with van der Waals surface area (Å²) in [5.41, 5.74) is 6.13. The van der Waals surface area contributed by atoms with Crippen LogP contribution in [-0.2, 0) is 0 Å². The van der Waals surface area contributed by atoms with Gasteiger partial charge in [0.1, 0.15) is 0 Å². The molecule has 0 aromatic heterocycles. The lowest BCUT2D eigenvalue weighted by molar-refractivity contribution is 0.188. The summed E-state index contributed by atoms with van der Waals surface area (Å²) in [5.74, 6) is 1.57. The van der Waals surface area contributed by atoms with Gasteiger partial charge in [-0.05, 0) is 25.7 Å². The van der Waals surface area contributed by atoms with E-state index in [1.54, 1.807) is 0 Å². The van der Waals surface area contributed by atoms with Crippen molar-refractivity contribution in [3.63, 3.8) is 0 Å². The molecule has 0 saturated heterocycles. The lowest BCUT2D eigenvalue weighted by atomic mass is 9.73. The van der Waals surface area contributed by atoms with E-state index in [1.165, 1.54) is 32.1 Å². The van der Waals surface area contributed by atoms with E-state index >= 15 is 0 Å². The molecule has 12 heavy (non-hydrogen) atoms. The van der Waals surface area contributed by atoms with Crippen molar-refractivity contribution < 1.29 is 0 Å². The summed E-state index contributed by atoms with van der Waals surface area (Å²) in [6.45, 7) is 6.63. The second-order valence-electron chi connectivity index (χ2n) is 5.01. The topological polar surface area (TPSA) is 26.0 Å². The molecular formula is C11H23N. The molecule has 0 aromatic carbocycles. The van der Waals surface area contributed by atoms with Gasteiger partial charge >= 0.3 is 0 Å². The second kappa shape index (κ2) is 3.78. The summed E-state index contributed by atoms with van der Waals surface area (Å²) in [6, 6.07) is 0. The van der Waals surface area contributed by atoms with Gasteiger partial charge in [-0.1, -0.05) is 39.0 Å². The molecule has 1 aliphatic carbocycles. The Morgan fingerprint density at radius 2 is 1.67 bits per heavy atom. The molecule has 0 radical (unpaired) electrons. The van der Waals surface area contributed by atoms with E-state index in [4.69, 9.17) is 5.73 Å². The molecule has 0 spiro atoms. The smallest absolute Gasteiger partial charge is 0.0125 e. The first-order valence-electron chi connectivity index (χ1n) is 5.30. The van der Waals surface area contributed by atoms with Crippen LogP contribution in [-0.4, -0.2) is 5.54 Å². The summed E-state index contributed by atoms with van der Waals surface area (Å²) < 4.78 is 0. The summed E-state index contributed by atoms with van der Waals surface area (Å²) in [4.78, 5) is 0. The minimum atomic E-state index is 0.0159. The van der Waals surface area contributed by atoms with Gasteiger partial charge < -0.3 is 5.73 Å². The molecule has 1 unspecified atom stereocenters. The summed E-state index contributed by atoms with van der Waals surface area (Å²) >= 11 is 0. The van der Waals surface area contributed by atoms with Gasteiger partial charge in [0.25, 0.3) is 0 Å². The first-order chi connectivity index (χ1) is 5.52. The van der Waals surface area contributed by atoms with Gasteiger partial charge in [-0.3, -0.25) is 0 Å². The molecule has 2 N–H and O–H groups in total. The minimum absolute atomic E-state index is 0.0159. The highest BCUT2D eigenvalue weighted by molar-refractivity contribution is 4.85. The van der Waals surface area contributed by atoms with Crippen LogP contribution in [0.25, 0.3) is 0 Å². The molecule has 0 heterocycles. The quantitative estimate of drug-likeness (QED) is 0.675. The average molecular weight is 169 g/mol. The first-order valence-corrected chi connectivity index (χ1v) is 5.30. The normalized spacial score (nSPS) is 24.0. The molecular weight excluding hydrogens is 146 g/mol. The summed E-state index contributed by atoms with van der Waals surface area (Å²) in [6.07, 6.45) is 7.09. The van der Waals surface area contributed by atoms with Crippen molar-refractivity contribution in [2.45, 2.75) is 58.4 Å². The Kier molecular flexibility index (Phi) is 3.16. The van der Waals surface area contributed by atoms with Gasteiger partial charge in [0.15, 0.2) is 0 Å². The van der Waals surface area contributed by atoms with E-state index in [0.29, 0.717) is 5.92 Å². The number of hydrogen-bond acceptors (Lipinski definition) is 1. The SMILES string of the molecule is CC(C1CCCCC1)C(C)(C)N. The van der Waals surface area contributed by atoms with Crippen molar-refractivity contribution in [2.75, 3.05) is 0 Å². The van der Waals surface area contributed by atoms with Gasteiger partial charge in [-0.2, -0.15) is 0 Å². The van der Waals surface area contributed by atoms with E-state index < -0.39 is 0 Å². The molecule has 1 saturated carbocycles. The maximum absolute atomic E-state index is 6.11. The summed E-state index contributed by atoms with van der Waals surface area (Å²) in [5, 5.41) is 0. The standard InChI is InChI=1S/C11H23N/c1-9(11(2,3)12)10-7-5-4-6-8-10/h9-10H,4-8,12H2,1-3H3. The Morgan fingerprint density at radius 3 is 2.08 bits per heavy atom. The van der Waals surface area contributed by atoms with Crippen LogP contribution in [0.3, 0.4) is 0 Å². The van der Waals surface area contributed by atoms with Crippen LogP contribution < -0.4 is 5.73 Å². The van der Waals surface area contributed by atoms with E-state index in [2.05, 4.69) is 20.8 Å². The minimum Gasteiger partial charge on any atom is -0.325 e. The first kappa shape index (κ1) is 10.0. The fraction of sp³-hybridized carbons (Fsp3) is 1.00. The van der Waals surface area contributed by atoms with Crippen molar-refractivity contribution in [1.82, 2.24) is 0 Å². The second-order valence-corrected chi connectivity index (χ2v) is 5.01. The van der Waals surface area contributed by atoms with Crippen molar-refractivity contribution in [3.05, 3.63) is 0 Å². The Balaban J connectivity index is 2.45. The number of nitrogens with two attached hydrogens (primary N) is 1. The van der Waals surface area contributed by atoms with Gasteiger partial charge in [-0.25, -0.2) is 0 Å². The fourth-order valence-corrected chi connectivity index (χ4v) is 2.24. The van der Waals surface area contributed by atoms with Crippen molar-refractivity contribution in [3.8, 4) is 0 Å². The average Bonchev–Trinajstić information content (AvgIpc) is 2.03. The lowest BCUT2D eigenvalue weighted by Gasteiger charge is -2.36. The molecule has 1 fully saturated rings. The predicted molar refractivity (Wildman–Crippen MR) is 54.0 cm³/mol. The Hall–Kier alpha value is -0.0400. The third kappa shape index (κ3) is 2.48. The largest absolute Gasteiger partial charge is 0.325 e. The highest BCUT2D eigenvalue weighted by atomic mass is 14.7. The van der Waals surface area contributed by atoms with Crippen LogP contribution in [0.15, 0.2) is 0 Å². The predicted octanol–water partition coefficient (Wildman–Crippen LogP) is 2.94. The van der Waals surface area contributed by atoms with Crippen LogP contribution in [0, 0.1) is 11.8 Å². The molecule has 0 amide bonds. The number of rotatable bonds is 2. The van der Waals surface area contributed by atoms with E-state index in [0.717, 1.165) is 5.92 Å². The lowest BCUT2D eigenvalue weighted by Crippen LogP contribution is -2.43. The van der Waals surface area contributed by atoms with E-state index in [-0.39, 0.29) is 5.54 Å². The number of hydrogen-bond donors (Lipinski definition) is 1. The molecule has 1 heteroatoms. The molecule has 0 aliphatic heterocycles. The van der Waals surface area contributed by atoms with Crippen LogP contribution in [0.2, 0.25) is 0 Å². The van der Waals surface area contributed by atoms with Crippen molar-refractivity contribution >= 4 is 0 Å². The van der Waals surface area contributed by atoms with E-state index in [1.807, 2.05) is 0 Å². The van der Waals surface area contributed by atoms with Crippen LogP contribution in [0.4, 0.5) is 0 Å². The Bertz CT molecular complexity index is 128. The third-order valence-electron chi connectivity index (χ3n) is 3.53. The van der Waals surface area contributed by atoms with Gasteiger partial charge in [0.05, 0.1) is 0 Å². The van der Waals surface area contributed by atoms with Gasteiger partial charge in [-0.15, -0.1) is 0 Å². The molecule has 0 bridgehead atoms. The highest BCUT2D eigenvalue weighted by Gasteiger charge is 2.29. The van der Waals surface area contributed by atoms with Crippen LogP contribution in [0.5, 0.6) is 0 Å². The molecule has 72 valence electrons. The van der Waals surface area contributed by atoms with Crippen LogP contribution >= 0.6 is 0 Å². The van der Waals surface area contributed by atoms with Gasteiger partial charge in [0.2, 0.25) is 0 Å². The van der Waals surface area contributed by atoms with Gasteiger partial charge in [0, 0.05) is 5.54 Å². The monoisotopic (exact) mass is 169 g/mol. The van der Waals surface area contributed by atoms with Crippen molar-refractivity contribution in [2.24, 2.45) is 17.6 Å². The molecule has 1 rings (SSSR count). The maximum Gasteiger partial charge on any atom is 0.0125 e. The fourth-order valence-electron chi connectivity index (χ4n) is 2.24. The summed E-state index contributed by atoms with van der Waals surface area (Å²) in [7, 11) is 0. The van der Waals surface area contributed by atoms with Crippen molar-refractivity contribution in [1.29, 1.82) is 0 Å². The molecule has 1 aliphatic rings. The molecule has 0 aromatic rings. The zero-order valence-corrected chi connectivity index (χ0v) is 8.77. The maximum atomic E-state index is 6.11. The van der Waals surface area contributed by atoms with Crippen LogP contribution in [0.1, 0.15) is 52.9 Å². The Labute approximate surface area is 76.7 Å². The third-order valence-corrected chi connectivity index (χ3v) is 3.53. The zero-order valence-electron chi connectivity index (χ0n) is 8.77.